The molecule has 3 nitrogen and oxygen atoms in total. The van der Waals surface area contributed by atoms with Crippen LogP contribution in [0.25, 0.3) is 0 Å². The van der Waals surface area contributed by atoms with Gasteiger partial charge in [-0.3, -0.25) is 0 Å². The van der Waals surface area contributed by atoms with Crippen LogP contribution in [0.15, 0.2) is 22.7 Å². The number of halogens is 1. The molecule has 0 saturated heterocycles. The third kappa shape index (κ3) is 5.06. The Morgan fingerprint density at radius 1 is 1.41 bits per heavy atom. The largest absolute Gasteiger partial charge is 0.496 e. The summed E-state index contributed by atoms with van der Waals surface area (Å²) >= 11 is 3.45. The lowest BCUT2D eigenvalue weighted by atomic mass is 10.1. The second kappa shape index (κ2) is 7.69. The molecular weight excluding hydrogens is 282 g/mol. The number of nitrogens with two attached hydrogens (primary N) is 1. The van der Waals surface area contributed by atoms with Gasteiger partial charge in [0.1, 0.15) is 5.75 Å². The summed E-state index contributed by atoms with van der Waals surface area (Å²) in [7, 11) is 1.67. The zero-order valence-electron chi connectivity index (χ0n) is 10.4. The van der Waals surface area contributed by atoms with Gasteiger partial charge in [-0.05, 0) is 36.6 Å². The van der Waals surface area contributed by atoms with Gasteiger partial charge >= 0.3 is 0 Å². The lowest BCUT2D eigenvalue weighted by molar-refractivity contribution is 0.121. The molecule has 0 fully saturated rings. The van der Waals surface area contributed by atoms with Crippen LogP contribution in [0.4, 0.5) is 0 Å². The van der Waals surface area contributed by atoms with Gasteiger partial charge in [0.15, 0.2) is 0 Å². The topological polar surface area (TPSA) is 44.5 Å². The van der Waals surface area contributed by atoms with Gasteiger partial charge in [-0.15, -0.1) is 0 Å². The van der Waals surface area contributed by atoms with Crippen LogP contribution in [0, 0.1) is 0 Å². The fourth-order valence-electron chi connectivity index (χ4n) is 1.63. The Balaban J connectivity index is 2.57. The standard InChI is InChI=1S/C13H20BrNO2/c1-3-6-17-9-12(15)8-10-7-11(14)4-5-13(10)16-2/h4-5,7,12H,3,6,8-9,15H2,1-2H3. The molecule has 0 heterocycles. The van der Waals surface area contributed by atoms with Crippen molar-refractivity contribution in [3.8, 4) is 5.75 Å². The van der Waals surface area contributed by atoms with E-state index in [2.05, 4.69) is 22.9 Å². The fraction of sp³-hybridized carbons (Fsp3) is 0.538. The molecule has 1 aromatic rings. The summed E-state index contributed by atoms with van der Waals surface area (Å²) in [5, 5.41) is 0. The molecule has 1 aromatic carbocycles. The SMILES string of the molecule is CCCOCC(N)Cc1cc(Br)ccc1OC. The van der Waals surface area contributed by atoms with E-state index in [4.69, 9.17) is 15.2 Å². The average molecular weight is 302 g/mol. The van der Waals surface area contributed by atoms with Crippen molar-refractivity contribution in [1.82, 2.24) is 0 Å². The Morgan fingerprint density at radius 2 is 2.18 bits per heavy atom. The Bertz CT molecular complexity index is 344. The number of benzene rings is 1. The summed E-state index contributed by atoms with van der Waals surface area (Å²) in [6, 6.07) is 5.95. The van der Waals surface area contributed by atoms with Crippen molar-refractivity contribution >= 4 is 15.9 Å². The molecule has 0 saturated carbocycles. The van der Waals surface area contributed by atoms with Gasteiger partial charge < -0.3 is 15.2 Å². The molecular formula is C13H20BrNO2. The number of ether oxygens (including phenoxy) is 2. The first-order valence-corrected chi connectivity index (χ1v) is 6.62. The highest BCUT2D eigenvalue weighted by atomic mass is 79.9. The highest BCUT2D eigenvalue weighted by Crippen LogP contribution is 2.23. The molecule has 4 heteroatoms. The molecule has 1 unspecified atom stereocenters. The van der Waals surface area contributed by atoms with E-state index in [1.54, 1.807) is 7.11 Å². The van der Waals surface area contributed by atoms with Crippen LogP contribution in [0.1, 0.15) is 18.9 Å². The minimum atomic E-state index is 0.00440. The van der Waals surface area contributed by atoms with Crippen molar-refractivity contribution < 1.29 is 9.47 Å². The molecule has 0 aliphatic carbocycles. The molecule has 0 spiro atoms. The molecule has 0 bridgehead atoms. The van der Waals surface area contributed by atoms with Gasteiger partial charge in [0, 0.05) is 17.1 Å². The predicted molar refractivity (Wildman–Crippen MR) is 73.5 cm³/mol. The predicted octanol–water partition coefficient (Wildman–Crippen LogP) is 2.75. The van der Waals surface area contributed by atoms with Gasteiger partial charge in [0.25, 0.3) is 0 Å². The van der Waals surface area contributed by atoms with Crippen molar-refractivity contribution in [2.45, 2.75) is 25.8 Å². The van der Waals surface area contributed by atoms with E-state index in [0.717, 1.165) is 35.2 Å². The Morgan fingerprint density at radius 3 is 2.82 bits per heavy atom. The normalized spacial score (nSPS) is 12.5. The highest BCUT2D eigenvalue weighted by Gasteiger charge is 2.09. The minimum Gasteiger partial charge on any atom is -0.496 e. The zero-order chi connectivity index (χ0) is 12.7. The summed E-state index contributed by atoms with van der Waals surface area (Å²) in [6.07, 6.45) is 1.78. The average Bonchev–Trinajstić information content (AvgIpc) is 2.29. The molecule has 0 amide bonds. The van der Waals surface area contributed by atoms with Gasteiger partial charge in [-0.2, -0.15) is 0 Å². The van der Waals surface area contributed by atoms with Gasteiger partial charge in [0.05, 0.1) is 13.7 Å². The molecule has 1 rings (SSSR count). The van der Waals surface area contributed by atoms with E-state index in [-0.39, 0.29) is 6.04 Å². The first kappa shape index (κ1) is 14.5. The lowest BCUT2D eigenvalue weighted by Crippen LogP contribution is -2.29. The van der Waals surface area contributed by atoms with E-state index in [0.29, 0.717) is 6.61 Å². The smallest absolute Gasteiger partial charge is 0.122 e. The van der Waals surface area contributed by atoms with Crippen LogP contribution in [-0.2, 0) is 11.2 Å². The maximum Gasteiger partial charge on any atom is 0.122 e. The molecule has 0 aromatic heterocycles. The van der Waals surface area contributed by atoms with Crippen LogP contribution in [0.2, 0.25) is 0 Å². The van der Waals surface area contributed by atoms with E-state index in [9.17, 15) is 0 Å². The fourth-order valence-corrected chi connectivity index (χ4v) is 2.04. The van der Waals surface area contributed by atoms with Crippen molar-refractivity contribution in [2.75, 3.05) is 20.3 Å². The molecule has 17 heavy (non-hydrogen) atoms. The molecule has 0 aliphatic heterocycles. The Hall–Kier alpha value is -0.580. The van der Waals surface area contributed by atoms with Gasteiger partial charge in [-0.1, -0.05) is 22.9 Å². The number of rotatable bonds is 7. The summed E-state index contributed by atoms with van der Waals surface area (Å²) < 4.78 is 11.8. The van der Waals surface area contributed by atoms with E-state index >= 15 is 0 Å². The molecule has 96 valence electrons. The second-order valence-electron chi connectivity index (χ2n) is 4.00. The molecule has 0 radical (unpaired) electrons. The van der Waals surface area contributed by atoms with Gasteiger partial charge in [0.2, 0.25) is 0 Å². The number of methoxy groups -OCH3 is 1. The van der Waals surface area contributed by atoms with Crippen LogP contribution >= 0.6 is 15.9 Å². The highest BCUT2D eigenvalue weighted by molar-refractivity contribution is 9.10. The van der Waals surface area contributed by atoms with Crippen LogP contribution < -0.4 is 10.5 Å². The van der Waals surface area contributed by atoms with E-state index in [1.807, 2.05) is 18.2 Å². The monoisotopic (exact) mass is 301 g/mol. The lowest BCUT2D eigenvalue weighted by Gasteiger charge is -2.14. The van der Waals surface area contributed by atoms with E-state index < -0.39 is 0 Å². The minimum absolute atomic E-state index is 0.00440. The first-order chi connectivity index (χ1) is 8.17. The second-order valence-corrected chi connectivity index (χ2v) is 4.91. The van der Waals surface area contributed by atoms with Crippen LogP contribution in [0.3, 0.4) is 0 Å². The first-order valence-electron chi connectivity index (χ1n) is 5.83. The summed E-state index contributed by atoms with van der Waals surface area (Å²) in [6.45, 7) is 3.44. The maximum absolute atomic E-state index is 6.02. The number of hydrogen-bond donors (Lipinski definition) is 1. The van der Waals surface area contributed by atoms with Crippen molar-refractivity contribution in [3.63, 3.8) is 0 Å². The maximum atomic E-state index is 6.02. The van der Waals surface area contributed by atoms with Crippen LogP contribution in [-0.4, -0.2) is 26.4 Å². The quantitative estimate of drug-likeness (QED) is 0.788. The molecule has 2 N–H and O–H groups in total. The number of hydrogen-bond acceptors (Lipinski definition) is 3. The molecule has 1 atom stereocenters. The zero-order valence-corrected chi connectivity index (χ0v) is 12.0. The van der Waals surface area contributed by atoms with Crippen LogP contribution in [0.5, 0.6) is 5.75 Å². The van der Waals surface area contributed by atoms with E-state index in [1.165, 1.54) is 0 Å². The summed E-state index contributed by atoms with van der Waals surface area (Å²) in [4.78, 5) is 0. The van der Waals surface area contributed by atoms with Crippen molar-refractivity contribution in [3.05, 3.63) is 28.2 Å². The van der Waals surface area contributed by atoms with Gasteiger partial charge in [-0.25, -0.2) is 0 Å². The Kier molecular flexibility index (Phi) is 6.55. The third-order valence-electron chi connectivity index (χ3n) is 2.40. The summed E-state index contributed by atoms with van der Waals surface area (Å²) in [5.41, 5.74) is 7.13. The summed E-state index contributed by atoms with van der Waals surface area (Å²) in [5.74, 6) is 0.874. The van der Waals surface area contributed by atoms with Crippen molar-refractivity contribution in [1.29, 1.82) is 0 Å². The van der Waals surface area contributed by atoms with Crippen molar-refractivity contribution in [2.24, 2.45) is 5.73 Å². The Labute approximate surface area is 111 Å². The third-order valence-corrected chi connectivity index (χ3v) is 2.90. The molecule has 0 aliphatic rings.